The highest BCUT2D eigenvalue weighted by Crippen LogP contribution is 2.35. The molecule has 3 atom stereocenters. The fourth-order valence-electron chi connectivity index (χ4n) is 4.01. The van der Waals surface area contributed by atoms with E-state index in [1.807, 2.05) is 0 Å². The molecular formula is C23H38O6. The Kier molecular flexibility index (Phi) is 12.0. The Hall–Kier alpha value is -1.56. The van der Waals surface area contributed by atoms with Crippen LogP contribution in [0.5, 0.6) is 0 Å². The fourth-order valence-corrected chi connectivity index (χ4v) is 4.01. The van der Waals surface area contributed by atoms with Crippen molar-refractivity contribution in [2.24, 2.45) is 17.8 Å². The Bertz CT molecular complexity index is 554. The van der Waals surface area contributed by atoms with E-state index in [2.05, 4.69) is 13.8 Å². The SMILES string of the molecule is CCOC(=O)CCCCC(=O)C[C@H]1C(=O)C[C@H](O)[C@H]1CCC(=O)CCCC(C)C. The van der Waals surface area contributed by atoms with Gasteiger partial charge < -0.3 is 9.84 Å². The maximum absolute atomic E-state index is 12.3. The second-order valence-corrected chi connectivity index (χ2v) is 8.63. The molecule has 166 valence electrons. The van der Waals surface area contributed by atoms with Crippen LogP contribution < -0.4 is 0 Å². The Morgan fingerprint density at radius 2 is 1.69 bits per heavy atom. The molecule has 0 saturated heterocycles. The van der Waals surface area contributed by atoms with Crippen molar-refractivity contribution >= 4 is 23.3 Å². The molecule has 6 nitrogen and oxygen atoms in total. The molecule has 0 heterocycles. The molecule has 0 amide bonds. The molecule has 1 N–H and O–H groups in total. The summed E-state index contributed by atoms with van der Waals surface area (Å²) >= 11 is 0. The van der Waals surface area contributed by atoms with Crippen LogP contribution in [0.25, 0.3) is 0 Å². The predicted octanol–water partition coefficient (Wildman–Crippen LogP) is 3.81. The molecule has 0 aromatic rings. The van der Waals surface area contributed by atoms with Gasteiger partial charge in [-0.25, -0.2) is 0 Å². The van der Waals surface area contributed by atoms with Gasteiger partial charge in [0, 0.05) is 44.4 Å². The summed E-state index contributed by atoms with van der Waals surface area (Å²) in [4.78, 5) is 48.0. The molecule has 0 radical (unpaired) electrons. The highest BCUT2D eigenvalue weighted by Gasteiger charge is 2.41. The van der Waals surface area contributed by atoms with E-state index in [0.29, 0.717) is 57.5 Å². The lowest BCUT2D eigenvalue weighted by Gasteiger charge is -2.20. The Labute approximate surface area is 174 Å². The molecule has 0 spiro atoms. The Balaban J connectivity index is 2.39. The second kappa shape index (κ2) is 13.6. The third-order valence-electron chi connectivity index (χ3n) is 5.67. The topological polar surface area (TPSA) is 97.7 Å². The fraction of sp³-hybridized carbons (Fsp3) is 0.826. The average molecular weight is 411 g/mol. The summed E-state index contributed by atoms with van der Waals surface area (Å²) in [6, 6.07) is 0. The van der Waals surface area contributed by atoms with Crippen LogP contribution in [-0.2, 0) is 23.9 Å². The zero-order chi connectivity index (χ0) is 21.8. The van der Waals surface area contributed by atoms with Crippen molar-refractivity contribution in [1.29, 1.82) is 0 Å². The number of rotatable bonds is 15. The number of esters is 1. The molecule has 0 aromatic heterocycles. The molecule has 0 bridgehead atoms. The number of aliphatic hydroxyl groups is 1. The zero-order valence-electron chi connectivity index (χ0n) is 18.3. The molecule has 1 saturated carbocycles. The minimum Gasteiger partial charge on any atom is -0.466 e. The molecule has 0 unspecified atom stereocenters. The standard InChI is InChI=1S/C23H38O6/c1-4-29-23(28)11-6-5-9-18(25)14-20-19(21(26)15-22(20)27)13-12-17(24)10-7-8-16(2)3/h16,19-21,26H,4-15H2,1-3H3/t19-,20+,21-/m0/s1. The monoisotopic (exact) mass is 410 g/mol. The maximum Gasteiger partial charge on any atom is 0.305 e. The van der Waals surface area contributed by atoms with Crippen LogP contribution >= 0.6 is 0 Å². The number of carbonyl (C=O) groups excluding carboxylic acids is 4. The van der Waals surface area contributed by atoms with Crippen molar-refractivity contribution in [3.05, 3.63) is 0 Å². The van der Waals surface area contributed by atoms with Gasteiger partial charge in [-0.15, -0.1) is 0 Å². The lowest BCUT2D eigenvalue weighted by Crippen LogP contribution is -2.24. The van der Waals surface area contributed by atoms with E-state index < -0.39 is 12.0 Å². The predicted molar refractivity (Wildman–Crippen MR) is 110 cm³/mol. The first kappa shape index (κ1) is 25.5. The largest absolute Gasteiger partial charge is 0.466 e. The third-order valence-corrected chi connectivity index (χ3v) is 5.67. The van der Waals surface area contributed by atoms with Gasteiger partial charge in [0.15, 0.2) is 0 Å². The molecule has 1 fully saturated rings. The van der Waals surface area contributed by atoms with Crippen molar-refractivity contribution in [3.63, 3.8) is 0 Å². The van der Waals surface area contributed by atoms with Gasteiger partial charge in [0.05, 0.1) is 12.7 Å². The zero-order valence-corrected chi connectivity index (χ0v) is 18.3. The summed E-state index contributed by atoms with van der Waals surface area (Å²) in [5.41, 5.74) is 0. The summed E-state index contributed by atoms with van der Waals surface area (Å²) in [5, 5.41) is 10.2. The van der Waals surface area contributed by atoms with Gasteiger partial charge in [-0.2, -0.15) is 0 Å². The minimum absolute atomic E-state index is 0.0189. The maximum atomic E-state index is 12.3. The van der Waals surface area contributed by atoms with Crippen molar-refractivity contribution in [2.45, 2.75) is 97.5 Å². The molecule has 1 aliphatic rings. The van der Waals surface area contributed by atoms with E-state index in [0.717, 1.165) is 12.8 Å². The normalized spacial score (nSPS) is 21.6. The number of unbranched alkanes of at least 4 members (excludes halogenated alkanes) is 1. The lowest BCUT2D eigenvalue weighted by atomic mass is 9.84. The van der Waals surface area contributed by atoms with E-state index >= 15 is 0 Å². The highest BCUT2D eigenvalue weighted by atomic mass is 16.5. The van der Waals surface area contributed by atoms with Crippen LogP contribution in [-0.4, -0.2) is 41.1 Å². The summed E-state index contributed by atoms with van der Waals surface area (Å²) in [7, 11) is 0. The molecule has 0 aromatic carbocycles. The first-order valence-corrected chi connectivity index (χ1v) is 11.1. The average Bonchev–Trinajstić information content (AvgIpc) is 2.90. The molecule has 1 rings (SSSR count). The van der Waals surface area contributed by atoms with Gasteiger partial charge in [0.25, 0.3) is 0 Å². The first-order chi connectivity index (χ1) is 13.7. The smallest absolute Gasteiger partial charge is 0.305 e. The van der Waals surface area contributed by atoms with Crippen LogP contribution in [0.15, 0.2) is 0 Å². The van der Waals surface area contributed by atoms with Gasteiger partial charge in [-0.05, 0) is 44.4 Å². The summed E-state index contributed by atoms with van der Waals surface area (Å²) in [5.74, 6) is -0.395. The first-order valence-electron chi connectivity index (χ1n) is 11.1. The van der Waals surface area contributed by atoms with Crippen LogP contribution in [0.4, 0.5) is 0 Å². The lowest BCUT2D eigenvalue weighted by molar-refractivity contribution is -0.143. The number of ketones is 3. The quantitative estimate of drug-likeness (QED) is 0.326. The number of Topliss-reactive ketones (excluding diaryl/α,β-unsaturated/α-hetero) is 3. The van der Waals surface area contributed by atoms with Crippen LogP contribution in [0, 0.1) is 17.8 Å². The summed E-state index contributed by atoms with van der Waals surface area (Å²) in [6.07, 6.45) is 4.48. The van der Waals surface area contributed by atoms with Crippen LogP contribution in [0.2, 0.25) is 0 Å². The van der Waals surface area contributed by atoms with Crippen molar-refractivity contribution < 1.29 is 29.0 Å². The van der Waals surface area contributed by atoms with Crippen molar-refractivity contribution in [1.82, 2.24) is 0 Å². The minimum atomic E-state index is -0.757. The van der Waals surface area contributed by atoms with Gasteiger partial charge in [-0.3, -0.25) is 19.2 Å². The summed E-state index contributed by atoms with van der Waals surface area (Å²) < 4.78 is 4.85. The molecule has 0 aliphatic heterocycles. The van der Waals surface area contributed by atoms with E-state index in [-0.39, 0.29) is 42.1 Å². The second-order valence-electron chi connectivity index (χ2n) is 8.63. The highest BCUT2D eigenvalue weighted by molar-refractivity contribution is 5.90. The van der Waals surface area contributed by atoms with Gasteiger partial charge >= 0.3 is 5.97 Å². The van der Waals surface area contributed by atoms with Crippen molar-refractivity contribution in [3.8, 4) is 0 Å². The van der Waals surface area contributed by atoms with Gasteiger partial charge in [-0.1, -0.05) is 20.3 Å². The van der Waals surface area contributed by atoms with Crippen LogP contribution in [0.3, 0.4) is 0 Å². The Morgan fingerprint density at radius 1 is 1.03 bits per heavy atom. The third kappa shape index (κ3) is 10.2. The van der Waals surface area contributed by atoms with E-state index in [1.165, 1.54) is 0 Å². The number of hydrogen-bond donors (Lipinski definition) is 1. The van der Waals surface area contributed by atoms with E-state index in [1.54, 1.807) is 6.92 Å². The molecule has 29 heavy (non-hydrogen) atoms. The van der Waals surface area contributed by atoms with Gasteiger partial charge in [0.1, 0.15) is 17.3 Å². The molecule has 1 aliphatic carbocycles. The van der Waals surface area contributed by atoms with Crippen LogP contribution in [0.1, 0.15) is 91.4 Å². The molecular weight excluding hydrogens is 372 g/mol. The molecule has 6 heteroatoms. The number of aliphatic hydroxyl groups excluding tert-OH is 1. The Morgan fingerprint density at radius 3 is 2.34 bits per heavy atom. The van der Waals surface area contributed by atoms with E-state index in [9.17, 15) is 24.3 Å². The number of carbonyl (C=O) groups is 4. The number of ether oxygens (including phenoxy) is 1. The summed E-state index contributed by atoms with van der Waals surface area (Å²) in [6.45, 7) is 6.36. The van der Waals surface area contributed by atoms with E-state index in [4.69, 9.17) is 4.74 Å². The number of hydrogen-bond acceptors (Lipinski definition) is 6. The van der Waals surface area contributed by atoms with Gasteiger partial charge in [0.2, 0.25) is 0 Å². The van der Waals surface area contributed by atoms with Crippen molar-refractivity contribution in [2.75, 3.05) is 6.61 Å².